The third-order valence-corrected chi connectivity index (χ3v) is 4.73. The van der Waals surface area contributed by atoms with Crippen molar-refractivity contribution in [2.45, 2.75) is 26.4 Å². The number of esters is 1. The Kier molecular flexibility index (Phi) is 3.04. The van der Waals surface area contributed by atoms with E-state index in [-0.39, 0.29) is 11.6 Å². The quantitative estimate of drug-likeness (QED) is 0.672. The Labute approximate surface area is 84.0 Å². The second kappa shape index (κ2) is 3.69. The van der Waals surface area contributed by atoms with Crippen LogP contribution in [-0.2, 0) is 9.53 Å². The van der Waals surface area contributed by atoms with Crippen molar-refractivity contribution >= 4 is 28.9 Å². The second-order valence-corrected chi connectivity index (χ2v) is 7.50. The number of allylic oxidation sites excluding steroid dienone is 2. The Balaban J connectivity index is 2.50. The first-order chi connectivity index (χ1) is 5.49. The summed E-state index contributed by atoms with van der Waals surface area (Å²) < 4.78 is 8.29. The van der Waals surface area contributed by atoms with Crippen LogP contribution in [0.1, 0.15) is 20.8 Å². The Morgan fingerprint density at radius 1 is 1.50 bits per heavy atom. The second-order valence-electron chi connectivity index (χ2n) is 3.68. The molecule has 1 rings (SSSR count). The van der Waals surface area contributed by atoms with Gasteiger partial charge in [0.25, 0.3) is 0 Å². The maximum atomic E-state index is 11.4. The molecule has 0 saturated carbocycles. The molecule has 0 amide bonds. The number of hydrogen-bond acceptors (Lipinski definition) is 2. The van der Waals surface area contributed by atoms with E-state index >= 15 is 0 Å². The van der Waals surface area contributed by atoms with E-state index in [0.717, 1.165) is 3.33 Å². The fourth-order valence-electron chi connectivity index (χ4n) is 0.847. The summed E-state index contributed by atoms with van der Waals surface area (Å²) in [5.41, 5.74) is -0.358. The molecule has 0 saturated heterocycles. The summed E-state index contributed by atoms with van der Waals surface area (Å²) in [5, 5.41) is 0. The van der Waals surface area contributed by atoms with E-state index in [0.29, 0.717) is 0 Å². The molecule has 1 aliphatic rings. The van der Waals surface area contributed by atoms with Gasteiger partial charge < -0.3 is 0 Å². The van der Waals surface area contributed by atoms with Gasteiger partial charge in [0, 0.05) is 0 Å². The number of carbonyl (C=O) groups is 1. The fraction of sp³-hybridized carbons (Fsp3) is 0.444. The minimum absolute atomic E-state index is 0.117. The first-order valence-electron chi connectivity index (χ1n) is 3.94. The minimum atomic E-state index is -0.879. The molecule has 12 heavy (non-hydrogen) atoms. The molecule has 0 aromatic heterocycles. The van der Waals surface area contributed by atoms with Gasteiger partial charge in [-0.05, 0) is 0 Å². The van der Waals surface area contributed by atoms with Gasteiger partial charge in [-0.3, -0.25) is 0 Å². The van der Waals surface area contributed by atoms with Gasteiger partial charge in [-0.1, -0.05) is 0 Å². The van der Waals surface area contributed by atoms with E-state index in [2.05, 4.69) is 3.83 Å². The third kappa shape index (κ3) is 3.05. The van der Waals surface area contributed by atoms with Crippen molar-refractivity contribution in [3.8, 4) is 0 Å². The van der Waals surface area contributed by atoms with E-state index in [9.17, 15) is 4.79 Å². The van der Waals surface area contributed by atoms with Crippen molar-refractivity contribution in [3.05, 3.63) is 19.3 Å². The summed E-state index contributed by atoms with van der Waals surface area (Å²) in [6.45, 7) is 5.67. The number of carbonyl (C=O) groups excluding carboxylic acids is 1. The zero-order valence-electron chi connectivity index (χ0n) is 7.63. The maximum absolute atomic E-state index is 11.4. The molecule has 2 nitrogen and oxygen atoms in total. The Bertz CT molecular complexity index is 246. The van der Waals surface area contributed by atoms with Crippen molar-refractivity contribution in [1.82, 2.24) is 0 Å². The molecule has 0 spiro atoms. The van der Waals surface area contributed by atoms with Gasteiger partial charge in [-0.15, -0.1) is 0 Å². The predicted octanol–water partition coefficient (Wildman–Crippen LogP) is 1.44. The molecule has 0 unspecified atom stereocenters. The van der Waals surface area contributed by atoms with E-state index in [1.54, 1.807) is 0 Å². The molecule has 0 aromatic rings. The summed E-state index contributed by atoms with van der Waals surface area (Å²) in [4.78, 5) is 11.4. The number of hydrogen-bond donors (Lipinski definition) is 0. The van der Waals surface area contributed by atoms with Crippen LogP contribution in [0.3, 0.4) is 0 Å². The van der Waals surface area contributed by atoms with Gasteiger partial charge in [0.1, 0.15) is 0 Å². The normalized spacial score (nSPS) is 15.4. The standard InChI is InChI=1S/C9H12O2.In/c1-5-6-7-8(10)11-9(2,3)4;/h1,5-6H,2-4H3;. The number of rotatable bonds is 1. The molecule has 0 bridgehead atoms. The Morgan fingerprint density at radius 3 is 2.58 bits per heavy atom. The van der Waals surface area contributed by atoms with Gasteiger partial charge >= 0.3 is 84.1 Å². The van der Waals surface area contributed by atoms with E-state index in [1.165, 1.54) is 0 Å². The van der Waals surface area contributed by atoms with Crippen LogP contribution < -0.4 is 0 Å². The SMILES string of the molecule is CC(C)(C)OC(=O)[C]1=CC=[CH][In]1. The zero-order chi connectivity index (χ0) is 9.19. The van der Waals surface area contributed by atoms with E-state index in [1.807, 2.05) is 32.9 Å². The fourth-order valence-corrected chi connectivity index (χ4v) is 3.26. The van der Waals surface area contributed by atoms with Crippen LogP contribution in [0.15, 0.2) is 19.3 Å². The van der Waals surface area contributed by atoms with Crippen LogP contribution >= 0.6 is 0 Å². The summed E-state index contributed by atoms with van der Waals surface area (Å²) >= 11 is -0.879. The predicted molar refractivity (Wildman–Crippen MR) is 48.8 cm³/mol. The van der Waals surface area contributed by atoms with Gasteiger partial charge in [0.05, 0.1) is 0 Å². The zero-order valence-corrected chi connectivity index (χ0v) is 10.9. The van der Waals surface area contributed by atoms with Crippen LogP contribution in [0, 0.1) is 0 Å². The molecule has 1 radical (unpaired) electrons. The van der Waals surface area contributed by atoms with E-state index < -0.39 is 22.9 Å². The molecule has 0 atom stereocenters. The molecule has 0 aliphatic carbocycles. The summed E-state index contributed by atoms with van der Waals surface area (Å²) in [6.07, 6.45) is 3.84. The van der Waals surface area contributed by atoms with Crippen LogP contribution in [-0.4, -0.2) is 34.5 Å². The van der Waals surface area contributed by atoms with Gasteiger partial charge in [-0.2, -0.15) is 0 Å². The third-order valence-electron chi connectivity index (χ3n) is 1.30. The van der Waals surface area contributed by atoms with E-state index in [4.69, 9.17) is 4.74 Å². The average molecular weight is 267 g/mol. The molecular formula is C9H12InO2. The topological polar surface area (TPSA) is 26.3 Å². The van der Waals surface area contributed by atoms with Crippen molar-refractivity contribution in [2.75, 3.05) is 0 Å². The summed E-state index contributed by atoms with van der Waals surface area (Å²) in [7, 11) is 0. The molecule has 63 valence electrons. The molecular weight excluding hydrogens is 255 g/mol. The Hall–Kier alpha value is -0.180. The molecule has 1 heterocycles. The van der Waals surface area contributed by atoms with Crippen LogP contribution in [0.4, 0.5) is 0 Å². The first kappa shape index (κ1) is 9.90. The van der Waals surface area contributed by atoms with Crippen molar-refractivity contribution in [1.29, 1.82) is 0 Å². The molecule has 3 heteroatoms. The monoisotopic (exact) mass is 267 g/mol. The Morgan fingerprint density at radius 2 is 2.17 bits per heavy atom. The van der Waals surface area contributed by atoms with Gasteiger partial charge in [0.15, 0.2) is 0 Å². The van der Waals surface area contributed by atoms with Gasteiger partial charge in [-0.25, -0.2) is 0 Å². The first-order valence-corrected chi connectivity index (χ1v) is 7.49. The summed E-state index contributed by atoms with van der Waals surface area (Å²) in [5.74, 6) is -0.117. The van der Waals surface area contributed by atoms with Crippen molar-refractivity contribution in [2.24, 2.45) is 0 Å². The molecule has 0 N–H and O–H groups in total. The summed E-state index contributed by atoms with van der Waals surface area (Å²) in [6, 6.07) is 0. The van der Waals surface area contributed by atoms with Crippen molar-refractivity contribution < 1.29 is 9.53 Å². The molecule has 1 aliphatic heterocycles. The van der Waals surface area contributed by atoms with Gasteiger partial charge in [0.2, 0.25) is 0 Å². The van der Waals surface area contributed by atoms with Crippen LogP contribution in [0.25, 0.3) is 0 Å². The average Bonchev–Trinajstić information content (AvgIpc) is 2.32. The van der Waals surface area contributed by atoms with Crippen LogP contribution in [0.5, 0.6) is 0 Å². The molecule has 0 aromatic carbocycles. The molecule has 0 fully saturated rings. The number of ether oxygens (including phenoxy) is 1. The van der Waals surface area contributed by atoms with Crippen LogP contribution in [0.2, 0.25) is 0 Å². The van der Waals surface area contributed by atoms with Crippen molar-refractivity contribution in [3.63, 3.8) is 0 Å².